The van der Waals surface area contributed by atoms with E-state index in [1.54, 1.807) is 45.2 Å². The number of non-ortho nitro benzene ring substituents is 2. The third-order valence-corrected chi connectivity index (χ3v) is 6.36. The van der Waals surface area contributed by atoms with Crippen LogP contribution in [0.25, 0.3) is 0 Å². The van der Waals surface area contributed by atoms with Crippen LogP contribution in [0.3, 0.4) is 0 Å². The molecule has 0 aliphatic rings. The maximum absolute atomic E-state index is 14.4. The molecule has 11 nitrogen and oxygen atoms in total. The number of ether oxygens (including phenoxy) is 1. The van der Waals surface area contributed by atoms with Crippen molar-refractivity contribution in [2.45, 2.75) is 0 Å². The topological polar surface area (TPSA) is 154 Å². The van der Waals surface area contributed by atoms with Gasteiger partial charge in [-0.3, -0.25) is 29.8 Å². The van der Waals surface area contributed by atoms with Gasteiger partial charge in [0, 0.05) is 24.8 Å². The Kier molecular flexibility index (Phi) is 8.33. The van der Waals surface area contributed by atoms with E-state index in [2.05, 4.69) is 10.6 Å². The molecule has 15 heteroatoms. The maximum Gasteiger partial charge on any atom is 0.273 e. The summed E-state index contributed by atoms with van der Waals surface area (Å²) in [6, 6.07) is 7.16. The number of hydrogen-bond donors (Lipinski definition) is 2. The van der Waals surface area contributed by atoms with Crippen molar-refractivity contribution in [1.29, 1.82) is 0 Å². The molecule has 0 aromatic heterocycles. The van der Waals surface area contributed by atoms with Gasteiger partial charge in [0.25, 0.3) is 23.2 Å². The predicted molar refractivity (Wildman–Crippen MR) is 140 cm³/mol. The first-order valence-corrected chi connectivity index (χ1v) is 11.7. The minimum atomic E-state index is -1.04. The lowest BCUT2D eigenvalue weighted by Crippen LogP contribution is -2.18. The fourth-order valence-corrected chi connectivity index (χ4v) is 4.39. The van der Waals surface area contributed by atoms with Crippen molar-refractivity contribution in [2.75, 3.05) is 17.7 Å². The van der Waals surface area contributed by atoms with Crippen molar-refractivity contribution < 1.29 is 33.0 Å². The number of nitrogens with one attached hydrogen (secondary N) is 2. The van der Waals surface area contributed by atoms with Gasteiger partial charge in [-0.1, -0.05) is 0 Å². The molecule has 0 saturated heterocycles. The molecule has 2 amide bonds. The van der Waals surface area contributed by atoms with E-state index < -0.39 is 44.7 Å². The normalized spacial score (nSPS) is 10.5. The summed E-state index contributed by atoms with van der Waals surface area (Å²) in [5, 5.41) is 26.4. The van der Waals surface area contributed by atoms with Gasteiger partial charge in [0.2, 0.25) is 0 Å². The van der Waals surface area contributed by atoms with Gasteiger partial charge >= 0.3 is 0 Å². The van der Waals surface area contributed by atoms with Gasteiger partial charge in [0.1, 0.15) is 5.75 Å². The van der Waals surface area contributed by atoms with E-state index in [1.165, 1.54) is 19.2 Å². The van der Waals surface area contributed by atoms with Crippen molar-refractivity contribution in [3.05, 3.63) is 92.6 Å². The molecule has 0 aliphatic heterocycles. The zero-order valence-electron chi connectivity index (χ0n) is 17.8. The van der Waals surface area contributed by atoms with Crippen LogP contribution in [-0.4, -0.2) is 28.8 Å². The first kappa shape index (κ1) is 27.1. The largest absolute Gasteiger partial charge is 0.496 e. The Labute approximate surface area is 227 Å². The smallest absolute Gasteiger partial charge is 0.273 e. The number of halogens is 4. The molecule has 0 bridgehead atoms. The molecule has 0 saturated carbocycles. The van der Waals surface area contributed by atoms with E-state index in [0.717, 1.165) is 18.2 Å². The highest BCUT2D eigenvalue weighted by Gasteiger charge is 2.22. The molecular formula is C21H12F2I2N4O7. The Balaban J connectivity index is 1.92. The fraction of sp³-hybridized carbons (Fsp3) is 0.0476. The molecular weight excluding hydrogens is 712 g/mol. The van der Waals surface area contributed by atoms with Gasteiger partial charge in [-0.15, -0.1) is 0 Å². The molecule has 0 radical (unpaired) electrons. The fourth-order valence-electron chi connectivity index (χ4n) is 2.96. The van der Waals surface area contributed by atoms with Gasteiger partial charge in [0.15, 0.2) is 11.6 Å². The van der Waals surface area contributed by atoms with Gasteiger partial charge in [-0.2, -0.15) is 0 Å². The summed E-state index contributed by atoms with van der Waals surface area (Å²) in [6.07, 6.45) is 0. The third kappa shape index (κ3) is 5.83. The number of nitrogens with zero attached hydrogens (tertiary/aromatic N) is 2. The summed E-state index contributed by atoms with van der Waals surface area (Å²) in [6.45, 7) is 0. The predicted octanol–water partition coefficient (Wildman–Crippen LogP) is 5.50. The number of hydrogen-bond acceptors (Lipinski definition) is 7. The van der Waals surface area contributed by atoms with Crippen LogP contribution in [0.4, 0.5) is 31.5 Å². The number of methoxy groups -OCH3 is 1. The Bertz CT molecular complexity index is 1390. The quantitative estimate of drug-likeness (QED) is 0.185. The second kappa shape index (κ2) is 11.1. The molecule has 0 spiro atoms. The van der Waals surface area contributed by atoms with Crippen LogP contribution in [0.1, 0.15) is 20.7 Å². The second-order valence-electron chi connectivity index (χ2n) is 6.91. The zero-order valence-corrected chi connectivity index (χ0v) is 22.1. The lowest BCUT2D eigenvalue weighted by Gasteiger charge is -2.13. The average Bonchev–Trinajstić information content (AvgIpc) is 2.82. The SMILES string of the molecule is COc1ccc(C(=O)Nc2c(F)cc([N+](=O)[O-])cc2I)cc1C(=O)Nc1c(F)cc([N+](=O)[O-])cc1I. The highest BCUT2D eigenvalue weighted by Crippen LogP contribution is 2.30. The van der Waals surface area contributed by atoms with Crippen LogP contribution in [-0.2, 0) is 0 Å². The van der Waals surface area contributed by atoms with E-state index in [1.807, 2.05) is 0 Å². The number of amides is 2. The molecule has 0 heterocycles. The number of carbonyl (C=O) groups is 2. The number of benzene rings is 3. The van der Waals surface area contributed by atoms with Crippen LogP contribution in [0.15, 0.2) is 42.5 Å². The molecule has 186 valence electrons. The van der Waals surface area contributed by atoms with E-state index in [4.69, 9.17) is 4.74 Å². The molecule has 0 atom stereocenters. The van der Waals surface area contributed by atoms with E-state index in [-0.39, 0.29) is 35.4 Å². The Hall–Kier alpha value is -3.48. The monoisotopic (exact) mass is 724 g/mol. The summed E-state index contributed by atoms with van der Waals surface area (Å²) in [4.78, 5) is 45.9. The average molecular weight is 724 g/mol. The highest BCUT2D eigenvalue weighted by molar-refractivity contribution is 14.1. The summed E-state index contributed by atoms with van der Waals surface area (Å²) in [7, 11) is 1.26. The molecule has 0 fully saturated rings. The Morgan fingerprint density at radius 1 is 0.833 bits per heavy atom. The minimum absolute atomic E-state index is 0.0254. The van der Waals surface area contributed by atoms with E-state index in [0.29, 0.717) is 12.1 Å². The summed E-state index contributed by atoms with van der Waals surface area (Å²) < 4.78 is 34.1. The first-order chi connectivity index (χ1) is 16.9. The summed E-state index contributed by atoms with van der Waals surface area (Å²) in [5.41, 5.74) is -1.89. The number of carbonyl (C=O) groups excluding carboxylic acids is 2. The molecule has 3 aromatic rings. The van der Waals surface area contributed by atoms with Crippen LogP contribution in [0.2, 0.25) is 0 Å². The van der Waals surface area contributed by atoms with Gasteiger partial charge in [-0.25, -0.2) is 8.78 Å². The van der Waals surface area contributed by atoms with Gasteiger partial charge in [0.05, 0.1) is 46.0 Å². The van der Waals surface area contributed by atoms with Gasteiger partial charge in [-0.05, 0) is 63.4 Å². The molecule has 2 N–H and O–H groups in total. The second-order valence-corrected chi connectivity index (χ2v) is 9.23. The Morgan fingerprint density at radius 3 is 1.72 bits per heavy atom. The lowest BCUT2D eigenvalue weighted by molar-refractivity contribution is -0.385. The van der Waals surface area contributed by atoms with Crippen LogP contribution >= 0.6 is 45.2 Å². The van der Waals surface area contributed by atoms with Crippen LogP contribution < -0.4 is 15.4 Å². The van der Waals surface area contributed by atoms with Crippen molar-refractivity contribution in [3.63, 3.8) is 0 Å². The number of nitro benzene ring substituents is 2. The first-order valence-electron chi connectivity index (χ1n) is 9.50. The van der Waals surface area contributed by atoms with Crippen molar-refractivity contribution in [1.82, 2.24) is 0 Å². The highest BCUT2D eigenvalue weighted by atomic mass is 127. The van der Waals surface area contributed by atoms with E-state index in [9.17, 15) is 38.6 Å². The standard InChI is InChI=1S/C21H12F2I2N4O7/c1-36-17-3-2-9(20(30)26-18-13(22)5-10(28(32)33)7-15(18)24)4-12(17)21(31)27-19-14(23)6-11(29(34)35)8-16(19)25/h2-8H,1H3,(H,26,30)(H,27,31). The molecule has 3 aromatic carbocycles. The minimum Gasteiger partial charge on any atom is -0.496 e. The summed E-state index contributed by atoms with van der Waals surface area (Å²) in [5.74, 6) is -3.77. The van der Waals surface area contributed by atoms with Crippen molar-refractivity contribution in [3.8, 4) is 5.75 Å². The zero-order chi connectivity index (χ0) is 26.7. The van der Waals surface area contributed by atoms with Crippen molar-refractivity contribution in [2.24, 2.45) is 0 Å². The van der Waals surface area contributed by atoms with Crippen LogP contribution in [0, 0.1) is 39.0 Å². The van der Waals surface area contributed by atoms with Crippen molar-refractivity contribution >= 4 is 79.7 Å². The summed E-state index contributed by atoms with van der Waals surface area (Å²) >= 11 is 3.25. The molecule has 0 unspecified atom stereocenters. The van der Waals surface area contributed by atoms with E-state index >= 15 is 0 Å². The van der Waals surface area contributed by atoms with Crippen LogP contribution in [0.5, 0.6) is 5.75 Å². The van der Waals surface area contributed by atoms with Gasteiger partial charge < -0.3 is 15.4 Å². The number of anilines is 2. The Morgan fingerprint density at radius 2 is 1.31 bits per heavy atom. The lowest BCUT2D eigenvalue weighted by atomic mass is 10.1. The number of nitro groups is 2. The number of rotatable bonds is 7. The third-order valence-electron chi connectivity index (χ3n) is 4.66. The maximum atomic E-state index is 14.4. The molecule has 0 aliphatic carbocycles. The molecule has 36 heavy (non-hydrogen) atoms. The molecule has 3 rings (SSSR count).